The summed E-state index contributed by atoms with van der Waals surface area (Å²) in [6, 6.07) is 6.13. The average Bonchev–Trinajstić information content (AvgIpc) is 2.30. The molecule has 0 saturated carbocycles. The van der Waals surface area contributed by atoms with Gasteiger partial charge in [-0.25, -0.2) is 0 Å². The summed E-state index contributed by atoms with van der Waals surface area (Å²) in [6.07, 6.45) is 0. The lowest BCUT2D eigenvalue weighted by molar-refractivity contribution is 0.204. The van der Waals surface area contributed by atoms with E-state index >= 15 is 0 Å². The lowest BCUT2D eigenvalue weighted by Crippen LogP contribution is -2.34. The van der Waals surface area contributed by atoms with Gasteiger partial charge in [0.1, 0.15) is 5.75 Å². The van der Waals surface area contributed by atoms with Gasteiger partial charge < -0.3 is 20.1 Å². The number of hydrogen-bond acceptors (Lipinski definition) is 4. The van der Waals surface area contributed by atoms with E-state index < -0.39 is 0 Å². The summed E-state index contributed by atoms with van der Waals surface area (Å²) in [5.74, 6) is 0.779. The Morgan fingerprint density at radius 1 is 1.29 bits per heavy atom. The Kier molecular flexibility index (Phi) is 5.10. The molecule has 17 heavy (non-hydrogen) atoms. The van der Waals surface area contributed by atoms with Gasteiger partial charge >= 0.3 is 0 Å². The number of hydrogen-bond donors (Lipinski definition) is 1. The second kappa shape index (κ2) is 6.35. The summed E-state index contributed by atoms with van der Waals surface area (Å²) in [4.78, 5) is 2.22. The molecule has 2 N–H and O–H groups in total. The first kappa shape index (κ1) is 13.6. The molecular weight excluding hydrogens is 216 g/mol. The van der Waals surface area contributed by atoms with Crippen molar-refractivity contribution in [3.05, 3.63) is 18.2 Å². The number of methoxy groups -OCH3 is 2. The van der Waals surface area contributed by atoms with E-state index in [9.17, 15) is 0 Å². The number of benzene rings is 1. The largest absolute Gasteiger partial charge is 0.497 e. The van der Waals surface area contributed by atoms with Crippen LogP contribution in [0.15, 0.2) is 18.2 Å². The molecule has 0 heterocycles. The highest BCUT2D eigenvalue weighted by atomic mass is 16.5. The van der Waals surface area contributed by atoms with Crippen LogP contribution in [0.4, 0.5) is 11.4 Å². The van der Waals surface area contributed by atoms with Gasteiger partial charge in [-0.15, -0.1) is 0 Å². The van der Waals surface area contributed by atoms with Crippen LogP contribution in [0.25, 0.3) is 0 Å². The highest BCUT2D eigenvalue weighted by molar-refractivity contribution is 5.69. The number of ether oxygens (including phenoxy) is 2. The fourth-order valence-electron chi connectivity index (χ4n) is 1.77. The second-order valence-electron chi connectivity index (χ2n) is 4.20. The number of rotatable bonds is 6. The SMILES string of the molecule is COCCN(c1ccc(OC)cc1N)C(C)C. The van der Waals surface area contributed by atoms with Crippen molar-refractivity contribution in [2.24, 2.45) is 0 Å². The van der Waals surface area contributed by atoms with Crippen LogP contribution < -0.4 is 15.4 Å². The molecule has 0 saturated heterocycles. The molecule has 1 aromatic carbocycles. The molecule has 96 valence electrons. The maximum atomic E-state index is 6.04. The third-order valence-corrected chi connectivity index (χ3v) is 2.70. The minimum Gasteiger partial charge on any atom is -0.497 e. The third kappa shape index (κ3) is 3.53. The second-order valence-corrected chi connectivity index (χ2v) is 4.20. The van der Waals surface area contributed by atoms with Crippen LogP contribution >= 0.6 is 0 Å². The van der Waals surface area contributed by atoms with Gasteiger partial charge in [0.15, 0.2) is 0 Å². The molecule has 0 fully saturated rings. The van der Waals surface area contributed by atoms with E-state index in [2.05, 4.69) is 18.7 Å². The van der Waals surface area contributed by atoms with Gasteiger partial charge in [0.05, 0.1) is 25.1 Å². The maximum absolute atomic E-state index is 6.04. The van der Waals surface area contributed by atoms with Crippen LogP contribution in [0.1, 0.15) is 13.8 Å². The fraction of sp³-hybridized carbons (Fsp3) is 0.538. The lowest BCUT2D eigenvalue weighted by atomic mass is 10.2. The molecule has 0 unspecified atom stereocenters. The van der Waals surface area contributed by atoms with Crippen LogP contribution in [0, 0.1) is 0 Å². The van der Waals surface area contributed by atoms with Crippen LogP contribution in [-0.2, 0) is 4.74 Å². The molecule has 0 aliphatic rings. The molecule has 4 nitrogen and oxygen atoms in total. The summed E-state index contributed by atoms with van der Waals surface area (Å²) in [6.45, 7) is 5.78. The number of anilines is 2. The van der Waals surface area contributed by atoms with Gasteiger partial charge in [-0.2, -0.15) is 0 Å². The molecule has 0 aliphatic carbocycles. The Morgan fingerprint density at radius 3 is 2.47 bits per heavy atom. The van der Waals surface area contributed by atoms with Crippen molar-refractivity contribution in [1.82, 2.24) is 0 Å². The molecule has 1 aromatic rings. The van der Waals surface area contributed by atoms with E-state index in [1.807, 2.05) is 18.2 Å². The number of nitrogens with zero attached hydrogens (tertiary/aromatic N) is 1. The first-order chi connectivity index (χ1) is 8.10. The van der Waals surface area contributed by atoms with Crippen molar-refractivity contribution in [3.8, 4) is 5.75 Å². The molecule has 0 amide bonds. The summed E-state index contributed by atoms with van der Waals surface area (Å²) in [7, 11) is 3.34. The Balaban J connectivity index is 2.93. The normalized spacial score (nSPS) is 10.6. The van der Waals surface area contributed by atoms with Gasteiger partial charge in [0.25, 0.3) is 0 Å². The molecule has 0 radical (unpaired) electrons. The van der Waals surface area contributed by atoms with E-state index in [1.54, 1.807) is 14.2 Å². The highest BCUT2D eigenvalue weighted by Gasteiger charge is 2.13. The Labute approximate surface area is 103 Å². The molecule has 0 aromatic heterocycles. The minimum absolute atomic E-state index is 0.376. The Hall–Kier alpha value is -1.42. The third-order valence-electron chi connectivity index (χ3n) is 2.70. The lowest BCUT2D eigenvalue weighted by Gasteiger charge is -2.30. The van der Waals surface area contributed by atoms with E-state index in [0.717, 1.165) is 23.7 Å². The van der Waals surface area contributed by atoms with Gasteiger partial charge in [-0.05, 0) is 26.0 Å². The van der Waals surface area contributed by atoms with E-state index in [4.69, 9.17) is 15.2 Å². The summed E-state index contributed by atoms with van der Waals surface area (Å²) < 4.78 is 10.3. The van der Waals surface area contributed by atoms with E-state index in [-0.39, 0.29) is 0 Å². The quantitative estimate of drug-likeness (QED) is 0.771. The maximum Gasteiger partial charge on any atom is 0.121 e. The first-order valence-electron chi connectivity index (χ1n) is 5.79. The van der Waals surface area contributed by atoms with Crippen molar-refractivity contribution >= 4 is 11.4 Å². The van der Waals surface area contributed by atoms with Crippen molar-refractivity contribution in [3.63, 3.8) is 0 Å². The summed E-state index contributed by atoms with van der Waals surface area (Å²) in [5, 5.41) is 0. The van der Waals surface area contributed by atoms with Gasteiger partial charge in [-0.1, -0.05) is 0 Å². The Morgan fingerprint density at radius 2 is 2.00 bits per heavy atom. The molecule has 4 heteroatoms. The molecular formula is C13H22N2O2. The zero-order valence-corrected chi connectivity index (χ0v) is 11.1. The van der Waals surface area contributed by atoms with Crippen LogP contribution in [-0.4, -0.2) is 33.4 Å². The Bertz CT molecular complexity index is 353. The standard InChI is InChI=1S/C13H22N2O2/c1-10(2)15(7-8-16-3)13-6-5-11(17-4)9-12(13)14/h5-6,9-10H,7-8,14H2,1-4H3. The predicted octanol–water partition coefficient (Wildman–Crippen LogP) is 2.14. The minimum atomic E-state index is 0.376. The molecule has 0 aliphatic heterocycles. The number of nitrogens with two attached hydrogens (primary N) is 1. The van der Waals surface area contributed by atoms with Crippen LogP contribution in [0.2, 0.25) is 0 Å². The monoisotopic (exact) mass is 238 g/mol. The van der Waals surface area contributed by atoms with Crippen molar-refractivity contribution in [2.45, 2.75) is 19.9 Å². The smallest absolute Gasteiger partial charge is 0.121 e. The van der Waals surface area contributed by atoms with Gasteiger partial charge in [0.2, 0.25) is 0 Å². The molecule has 0 atom stereocenters. The van der Waals surface area contributed by atoms with E-state index in [1.165, 1.54) is 0 Å². The van der Waals surface area contributed by atoms with Gasteiger partial charge in [-0.3, -0.25) is 0 Å². The number of nitrogen functional groups attached to an aromatic ring is 1. The average molecular weight is 238 g/mol. The summed E-state index contributed by atoms with van der Waals surface area (Å²) in [5.41, 5.74) is 7.80. The molecule has 0 bridgehead atoms. The topological polar surface area (TPSA) is 47.7 Å². The van der Waals surface area contributed by atoms with Crippen LogP contribution in [0.3, 0.4) is 0 Å². The van der Waals surface area contributed by atoms with Crippen molar-refractivity contribution in [2.75, 3.05) is 38.0 Å². The molecule has 0 spiro atoms. The fourth-order valence-corrected chi connectivity index (χ4v) is 1.77. The van der Waals surface area contributed by atoms with Gasteiger partial charge in [0, 0.05) is 25.8 Å². The first-order valence-corrected chi connectivity index (χ1v) is 5.79. The van der Waals surface area contributed by atoms with Crippen molar-refractivity contribution < 1.29 is 9.47 Å². The predicted molar refractivity (Wildman–Crippen MR) is 71.8 cm³/mol. The summed E-state index contributed by atoms with van der Waals surface area (Å²) >= 11 is 0. The highest BCUT2D eigenvalue weighted by Crippen LogP contribution is 2.28. The van der Waals surface area contributed by atoms with Crippen LogP contribution in [0.5, 0.6) is 5.75 Å². The zero-order chi connectivity index (χ0) is 12.8. The van der Waals surface area contributed by atoms with E-state index in [0.29, 0.717) is 12.6 Å². The van der Waals surface area contributed by atoms with Crippen molar-refractivity contribution in [1.29, 1.82) is 0 Å². The molecule has 1 rings (SSSR count). The zero-order valence-electron chi connectivity index (χ0n) is 11.1.